The predicted molar refractivity (Wildman–Crippen MR) is 94.6 cm³/mol. The fraction of sp³-hybridized carbons (Fsp3) is 0.556. The lowest BCUT2D eigenvalue weighted by molar-refractivity contribution is -0.140. The van der Waals surface area contributed by atoms with Crippen LogP contribution in [0.3, 0.4) is 0 Å². The SMILES string of the molecule is C[C@H]1OCCN[C@@H]1C(=O)N1CCC(n2c(=O)[nH]c3ccccc32)CC1. The molecule has 1 amide bonds. The van der Waals surface area contributed by atoms with E-state index in [-0.39, 0.29) is 29.8 Å². The monoisotopic (exact) mass is 344 g/mol. The Morgan fingerprint density at radius 1 is 1.24 bits per heavy atom. The van der Waals surface area contributed by atoms with Gasteiger partial charge in [0.05, 0.1) is 23.7 Å². The topological polar surface area (TPSA) is 79.4 Å². The van der Waals surface area contributed by atoms with E-state index in [4.69, 9.17) is 4.74 Å². The highest BCUT2D eigenvalue weighted by Gasteiger charge is 2.34. The number of imidazole rings is 1. The van der Waals surface area contributed by atoms with E-state index >= 15 is 0 Å². The third kappa shape index (κ3) is 2.98. The summed E-state index contributed by atoms with van der Waals surface area (Å²) in [5.41, 5.74) is 1.73. The summed E-state index contributed by atoms with van der Waals surface area (Å²) >= 11 is 0. The summed E-state index contributed by atoms with van der Waals surface area (Å²) in [6.07, 6.45) is 1.47. The molecule has 2 aliphatic rings. The molecule has 7 nitrogen and oxygen atoms in total. The number of carbonyl (C=O) groups is 1. The minimum absolute atomic E-state index is 0.0676. The van der Waals surface area contributed by atoms with Crippen LogP contribution in [-0.4, -0.2) is 58.7 Å². The highest BCUT2D eigenvalue weighted by molar-refractivity contribution is 5.82. The van der Waals surface area contributed by atoms with E-state index in [2.05, 4.69) is 10.3 Å². The van der Waals surface area contributed by atoms with Crippen LogP contribution in [0, 0.1) is 0 Å². The van der Waals surface area contributed by atoms with Gasteiger partial charge in [-0.2, -0.15) is 0 Å². The number of para-hydroxylation sites is 2. The van der Waals surface area contributed by atoms with Crippen molar-refractivity contribution >= 4 is 16.9 Å². The van der Waals surface area contributed by atoms with Gasteiger partial charge in [0.1, 0.15) is 6.04 Å². The summed E-state index contributed by atoms with van der Waals surface area (Å²) < 4.78 is 7.44. The molecular weight excluding hydrogens is 320 g/mol. The van der Waals surface area contributed by atoms with Gasteiger partial charge in [0, 0.05) is 25.7 Å². The Morgan fingerprint density at radius 3 is 2.76 bits per heavy atom. The zero-order valence-electron chi connectivity index (χ0n) is 14.4. The average molecular weight is 344 g/mol. The van der Waals surface area contributed by atoms with Crippen LogP contribution in [0.25, 0.3) is 11.0 Å². The summed E-state index contributed by atoms with van der Waals surface area (Å²) in [4.78, 5) is 29.9. The number of hydrogen-bond acceptors (Lipinski definition) is 4. The Bertz CT molecular complexity index is 819. The number of amides is 1. The molecule has 25 heavy (non-hydrogen) atoms. The molecule has 2 N–H and O–H groups in total. The van der Waals surface area contributed by atoms with Gasteiger partial charge in [-0.15, -0.1) is 0 Å². The van der Waals surface area contributed by atoms with Crippen molar-refractivity contribution in [1.29, 1.82) is 0 Å². The van der Waals surface area contributed by atoms with Crippen molar-refractivity contribution in [1.82, 2.24) is 19.8 Å². The van der Waals surface area contributed by atoms with Gasteiger partial charge in [-0.05, 0) is 31.9 Å². The van der Waals surface area contributed by atoms with E-state index in [1.54, 1.807) is 0 Å². The molecule has 0 saturated carbocycles. The molecule has 0 spiro atoms. The molecule has 0 aliphatic carbocycles. The molecule has 2 aromatic rings. The van der Waals surface area contributed by atoms with Crippen molar-refractivity contribution in [3.63, 3.8) is 0 Å². The van der Waals surface area contributed by atoms with Crippen LogP contribution in [-0.2, 0) is 9.53 Å². The number of H-pyrrole nitrogens is 1. The van der Waals surface area contributed by atoms with Crippen LogP contribution in [0.1, 0.15) is 25.8 Å². The van der Waals surface area contributed by atoms with E-state index in [1.807, 2.05) is 40.7 Å². The molecule has 4 rings (SSSR count). The Balaban J connectivity index is 1.47. The van der Waals surface area contributed by atoms with Gasteiger partial charge >= 0.3 is 5.69 Å². The first-order chi connectivity index (χ1) is 12.1. The number of benzene rings is 1. The highest BCUT2D eigenvalue weighted by atomic mass is 16.5. The zero-order valence-corrected chi connectivity index (χ0v) is 14.4. The van der Waals surface area contributed by atoms with Crippen molar-refractivity contribution in [3.05, 3.63) is 34.7 Å². The molecule has 2 saturated heterocycles. The number of nitrogens with one attached hydrogen (secondary N) is 2. The number of ether oxygens (including phenoxy) is 1. The fourth-order valence-electron chi connectivity index (χ4n) is 3.99. The normalized spacial score (nSPS) is 25.4. The second-order valence-electron chi connectivity index (χ2n) is 6.88. The second kappa shape index (κ2) is 6.65. The maximum Gasteiger partial charge on any atom is 0.326 e. The van der Waals surface area contributed by atoms with Crippen LogP contribution in [0.4, 0.5) is 0 Å². The van der Waals surface area contributed by atoms with Crippen molar-refractivity contribution in [3.8, 4) is 0 Å². The molecule has 1 aromatic carbocycles. The van der Waals surface area contributed by atoms with Crippen LogP contribution in [0.2, 0.25) is 0 Å². The van der Waals surface area contributed by atoms with Gasteiger partial charge < -0.3 is 19.9 Å². The summed E-state index contributed by atoms with van der Waals surface area (Å²) in [5, 5.41) is 3.26. The molecule has 0 radical (unpaired) electrons. The standard InChI is InChI=1S/C18H24N4O3/c1-12-16(19-8-11-25-12)17(23)21-9-6-13(7-10-21)22-15-5-3-2-4-14(15)20-18(22)24/h2-5,12-13,16,19H,6-11H2,1H3,(H,20,24)/t12-,16+/m1/s1. The Kier molecular flexibility index (Phi) is 4.35. The number of piperidine rings is 1. The number of likely N-dealkylation sites (tertiary alicyclic amines) is 1. The Morgan fingerprint density at radius 2 is 2.00 bits per heavy atom. The maximum atomic E-state index is 12.7. The number of morpholine rings is 1. The minimum atomic E-state index is -0.263. The fourth-order valence-corrected chi connectivity index (χ4v) is 3.99. The highest BCUT2D eigenvalue weighted by Crippen LogP contribution is 2.25. The molecule has 1 aromatic heterocycles. The molecule has 3 heterocycles. The quantitative estimate of drug-likeness (QED) is 0.847. The number of nitrogens with zero attached hydrogens (tertiary/aromatic N) is 2. The third-order valence-electron chi connectivity index (χ3n) is 5.35. The molecule has 134 valence electrons. The first-order valence-electron chi connectivity index (χ1n) is 8.98. The lowest BCUT2D eigenvalue weighted by Gasteiger charge is -2.37. The zero-order chi connectivity index (χ0) is 17.4. The molecule has 2 aliphatic heterocycles. The summed E-state index contributed by atoms with van der Waals surface area (Å²) in [6, 6.07) is 7.62. The van der Waals surface area contributed by atoms with Gasteiger partial charge in [0.2, 0.25) is 5.91 Å². The van der Waals surface area contributed by atoms with Gasteiger partial charge in [-0.25, -0.2) is 4.79 Å². The minimum Gasteiger partial charge on any atom is -0.375 e. The largest absolute Gasteiger partial charge is 0.375 e. The van der Waals surface area contributed by atoms with Gasteiger partial charge in [0.25, 0.3) is 0 Å². The van der Waals surface area contributed by atoms with Crippen LogP contribution >= 0.6 is 0 Å². The van der Waals surface area contributed by atoms with E-state index < -0.39 is 0 Å². The van der Waals surface area contributed by atoms with Gasteiger partial charge in [0.15, 0.2) is 0 Å². The van der Waals surface area contributed by atoms with Crippen molar-refractivity contribution in [2.75, 3.05) is 26.2 Å². The van der Waals surface area contributed by atoms with Gasteiger partial charge in [-0.1, -0.05) is 12.1 Å². The van der Waals surface area contributed by atoms with Crippen LogP contribution in [0.15, 0.2) is 29.1 Å². The molecular formula is C18H24N4O3. The Hall–Kier alpha value is -2.12. The Labute approximate surface area is 146 Å². The second-order valence-corrected chi connectivity index (χ2v) is 6.88. The molecule has 0 unspecified atom stereocenters. The average Bonchev–Trinajstić information content (AvgIpc) is 2.97. The summed E-state index contributed by atoms with van der Waals surface area (Å²) in [6.45, 7) is 4.63. The molecule has 7 heteroatoms. The molecule has 2 atom stereocenters. The number of rotatable bonds is 2. The maximum absolute atomic E-state index is 12.7. The number of carbonyl (C=O) groups excluding carboxylic acids is 1. The first kappa shape index (κ1) is 16.4. The number of aromatic amines is 1. The van der Waals surface area contributed by atoms with E-state index in [9.17, 15) is 9.59 Å². The van der Waals surface area contributed by atoms with E-state index in [0.717, 1.165) is 23.9 Å². The number of fused-ring (bicyclic) bond motifs is 1. The van der Waals surface area contributed by atoms with Crippen molar-refractivity contribution < 1.29 is 9.53 Å². The van der Waals surface area contributed by atoms with E-state index in [1.165, 1.54) is 0 Å². The van der Waals surface area contributed by atoms with Crippen molar-refractivity contribution in [2.24, 2.45) is 0 Å². The summed E-state index contributed by atoms with van der Waals surface area (Å²) in [7, 11) is 0. The van der Waals surface area contributed by atoms with Gasteiger partial charge in [-0.3, -0.25) is 9.36 Å². The van der Waals surface area contributed by atoms with E-state index in [0.29, 0.717) is 26.2 Å². The lowest BCUT2D eigenvalue weighted by atomic mass is 10.0. The molecule has 2 fully saturated rings. The van der Waals surface area contributed by atoms with Crippen molar-refractivity contribution in [2.45, 2.75) is 38.0 Å². The third-order valence-corrected chi connectivity index (χ3v) is 5.35. The smallest absolute Gasteiger partial charge is 0.326 e. The van der Waals surface area contributed by atoms with Crippen LogP contribution in [0.5, 0.6) is 0 Å². The predicted octanol–water partition coefficient (Wildman–Crippen LogP) is 0.870. The summed E-state index contributed by atoms with van der Waals surface area (Å²) in [5.74, 6) is 0.108. The first-order valence-corrected chi connectivity index (χ1v) is 8.98. The number of aromatic nitrogens is 2. The number of hydrogen-bond donors (Lipinski definition) is 2. The van der Waals surface area contributed by atoms with Crippen LogP contribution < -0.4 is 11.0 Å². The lowest BCUT2D eigenvalue weighted by Crippen LogP contribution is -2.57. The molecule has 0 bridgehead atoms.